The van der Waals surface area contributed by atoms with Gasteiger partial charge in [0.15, 0.2) is 0 Å². The number of hydrogen-bond donors (Lipinski definition) is 2. The average Bonchev–Trinajstić information content (AvgIpc) is 1.87. The van der Waals surface area contributed by atoms with Gasteiger partial charge in [-0.05, 0) is 33.1 Å². The maximum Gasteiger partial charge on any atom is 0.0445 e. The highest BCUT2D eigenvalue weighted by molar-refractivity contribution is 4.93. The first-order valence-electron chi connectivity index (χ1n) is 4.16. The van der Waals surface area contributed by atoms with Gasteiger partial charge >= 0.3 is 0 Å². The van der Waals surface area contributed by atoms with Crippen LogP contribution in [0.25, 0.3) is 0 Å². The minimum Gasteiger partial charge on any atom is -0.396 e. The van der Waals surface area contributed by atoms with E-state index in [9.17, 15) is 0 Å². The van der Waals surface area contributed by atoms with Crippen LogP contribution in [0.1, 0.15) is 33.1 Å². The van der Waals surface area contributed by atoms with E-state index in [1.165, 1.54) is 5.57 Å². The molecular formula is C9H19NO. The predicted octanol–water partition coefficient (Wildman–Crippen LogP) is 1.44. The topological polar surface area (TPSA) is 46.2 Å². The van der Waals surface area contributed by atoms with Gasteiger partial charge in [0.1, 0.15) is 0 Å². The van der Waals surface area contributed by atoms with Gasteiger partial charge in [0.05, 0.1) is 0 Å². The summed E-state index contributed by atoms with van der Waals surface area (Å²) in [7, 11) is 0. The standard InChI is InChI=1S/C9H19NO/c1-8(2)4-3-5-9(10)6-7-11/h4,9,11H,3,5-7,10H2,1-2H3. The Bertz CT molecular complexity index is 117. The Morgan fingerprint density at radius 2 is 2.09 bits per heavy atom. The first kappa shape index (κ1) is 10.7. The third kappa shape index (κ3) is 7.56. The molecule has 0 aromatic rings. The number of aliphatic hydroxyl groups excluding tert-OH is 1. The van der Waals surface area contributed by atoms with Crippen LogP contribution in [0.3, 0.4) is 0 Å². The Kier molecular flexibility index (Phi) is 6.18. The summed E-state index contributed by atoms with van der Waals surface area (Å²) in [4.78, 5) is 0. The zero-order valence-electron chi connectivity index (χ0n) is 7.51. The quantitative estimate of drug-likeness (QED) is 0.593. The minimum atomic E-state index is 0.163. The van der Waals surface area contributed by atoms with Crippen molar-refractivity contribution < 1.29 is 5.11 Å². The fourth-order valence-corrected chi connectivity index (χ4v) is 0.896. The molecule has 66 valence electrons. The molecule has 0 saturated heterocycles. The first-order valence-corrected chi connectivity index (χ1v) is 4.16. The van der Waals surface area contributed by atoms with Crippen molar-refractivity contribution in [1.29, 1.82) is 0 Å². The molecule has 2 nitrogen and oxygen atoms in total. The second-order valence-electron chi connectivity index (χ2n) is 3.13. The lowest BCUT2D eigenvalue weighted by molar-refractivity contribution is 0.273. The van der Waals surface area contributed by atoms with Gasteiger partial charge in [-0.15, -0.1) is 0 Å². The van der Waals surface area contributed by atoms with E-state index in [0.717, 1.165) is 19.3 Å². The Balaban J connectivity index is 3.31. The summed E-state index contributed by atoms with van der Waals surface area (Å²) in [5, 5.41) is 8.55. The van der Waals surface area contributed by atoms with Crippen LogP contribution in [0.4, 0.5) is 0 Å². The molecule has 0 aromatic carbocycles. The van der Waals surface area contributed by atoms with E-state index in [-0.39, 0.29) is 12.6 Å². The Morgan fingerprint density at radius 1 is 1.45 bits per heavy atom. The lowest BCUT2D eigenvalue weighted by atomic mass is 10.1. The molecule has 11 heavy (non-hydrogen) atoms. The van der Waals surface area contributed by atoms with Crippen molar-refractivity contribution in [3.05, 3.63) is 11.6 Å². The van der Waals surface area contributed by atoms with E-state index in [0.29, 0.717) is 0 Å². The van der Waals surface area contributed by atoms with Crippen LogP contribution in [0.2, 0.25) is 0 Å². The lowest BCUT2D eigenvalue weighted by Crippen LogP contribution is -2.20. The van der Waals surface area contributed by atoms with E-state index in [2.05, 4.69) is 19.9 Å². The van der Waals surface area contributed by atoms with Crippen molar-refractivity contribution in [2.45, 2.75) is 39.2 Å². The zero-order valence-corrected chi connectivity index (χ0v) is 7.51. The molecule has 0 spiro atoms. The molecule has 0 aliphatic rings. The van der Waals surface area contributed by atoms with Gasteiger partial charge in [-0.3, -0.25) is 0 Å². The molecule has 0 saturated carbocycles. The molecular weight excluding hydrogens is 138 g/mol. The Hall–Kier alpha value is -0.340. The van der Waals surface area contributed by atoms with Gasteiger partial charge in [-0.25, -0.2) is 0 Å². The molecule has 0 amide bonds. The molecule has 0 aromatic heterocycles. The number of aliphatic hydroxyl groups is 1. The van der Waals surface area contributed by atoms with E-state index in [1.807, 2.05) is 0 Å². The highest BCUT2D eigenvalue weighted by atomic mass is 16.3. The summed E-state index contributed by atoms with van der Waals surface area (Å²) in [5.74, 6) is 0. The highest BCUT2D eigenvalue weighted by Gasteiger charge is 1.98. The van der Waals surface area contributed by atoms with E-state index in [1.54, 1.807) is 0 Å². The van der Waals surface area contributed by atoms with Crippen molar-refractivity contribution in [2.75, 3.05) is 6.61 Å². The van der Waals surface area contributed by atoms with Crippen molar-refractivity contribution in [3.8, 4) is 0 Å². The minimum absolute atomic E-state index is 0.163. The Labute approximate surface area is 69.1 Å². The van der Waals surface area contributed by atoms with Gasteiger partial charge in [0.2, 0.25) is 0 Å². The van der Waals surface area contributed by atoms with Crippen LogP contribution in [0, 0.1) is 0 Å². The molecule has 1 atom stereocenters. The second-order valence-corrected chi connectivity index (χ2v) is 3.13. The largest absolute Gasteiger partial charge is 0.396 e. The molecule has 0 bridgehead atoms. The summed E-state index contributed by atoms with van der Waals surface area (Å²) >= 11 is 0. The van der Waals surface area contributed by atoms with Gasteiger partial charge in [-0.2, -0.15) is 0 Å². The van der Waals surface area contributed by atoms with Crippen LogP contribution >= 0.6 is 0 Å². The summed E-state index contributed by atoms with van der Waals surface area (Å²) in [5.41, 5.74) is 7.02. The fourth-order valence-electron chi connectivity index (χ4n) is 0.896. The fraction of sp³-hybridized carbons (Fsp3) is 0.778. The summed E-state index contributed by atoms with van der Waals surface area (Å²) < 4.78 is 0. The third-order valence-electron chi connectivity index (χ3n) is 1.59. The van der Waals surface area contributed by atoms with Crippen molar-refractivity contribution in [2.24, 2.45) is 5.73 Å². The average molecular weight is 157 g/mol. The van der Waals surface area contributed by atoms with E-state index in [4.69, 9.17) is 10.8 Å². The SMILES string of the molecule is CC(C)=CCCC(N)CCO. The number of allylic oxidation sites excluding steroid dienone is 2. The summed E-state index contributed by atoms with van der Waals surface area (Å²) in [6.07, 6.45) is 4.91. The second kappa shape index (κ2) is 6.38. The van der Waals surface area contributed by atoms with E-state index >= 15 is 0 Å². The predicted molar refractivity (Wildman–Crippen MR) is 48.3 cm³/mol. The van der Waals surface area contributed by atoms with Crippen molar-refractivity contribution in [3.63, 3.8) is 0 Å². The van der Waals surface area contributed by atoms with Crippen LogP contribution in [0.5, 0.6) is 0 Å². The van der Waals surface area contributed by atoms with Gasteiger partial charge < -0.3 is 10.8 Å². The number of hydrogen-bond acceptors (Lipinski definition) is 2. The van der Waals surface area contributed by atoms with Gasteiger partial charge in [-0.1, -0.05) is 11.6 Å². The number of nitrogens with two attached hydrogens (primary N) is 1. The van der Waals surface area contributed by atoms with Gasteiger partial charge in [0.25, 0.3) is 0 Å². The highest BCUT2D eigenvalue weighted by Crippen LogP contribution is 2.01. The Morgan fingerprint density at radius 3 is 2.55 bits per heavy atom. The molecule has 0 heterocycles. The van der Waals surface area contributed by atoms with Gasteiger partial charge in [0, 0.05) is 12.6 Å². The van der Waals surface area contributed by atoms with E-state index < -0.39 is 0 Å². The molecule has 0 radical (unpaired) electrons. The molecule has 0 rings (SSSR count). The van der Waals surface area contributed by atoms with Crippen LogP contribution in [-0.2, 0) is 0 Å². The molecule has 0 aliphatic heterocycles. The smallest absolute Gasteiger partial charge is 0.0445 e. The molecule has 0 fully saturated rings. The maximum atomic E-state index is 8.55. The van der Waals surface area contributed by atoms with Crippen molar-refractivity contribution >= 4 is 0 Å². The molecule has 1 unspecified atom stereocenters. The van der Waals surface area contributed by atoms with Crippen LogP contribution in [-0.4, -0.2) is 17.8 Å². The monoisotopic (exact) mass is 157 g/mol. The zero-order chi connectivity index (χ0) is 8.69. The third-order valence-corrected chi connectivity index (χ3v) is 1.59. The summed E-state index contributed by atoms with van der Waals surface area (Å²) in [6.45, 7) is 4.37. The lowest BCUT2D eigenvalue weighted by Gasteiger charge is -2.06. The molecule has 0 aliphatic carbocycles. The number of rotatable bonds is 5. The molecule has 3 N–H and O–H groups in total. The van der Waals surface area contributed by atoms with Crippen molar-refractivity contribution in [1.82, 2.24) is 0 Å². The first-order chi connectivity index (χ1) is 5.16. The normalized spacial score (nSPS) is 12.7. The summed E-state index contributed by atoms with van der Waals surface area (Å²) in [6, 6.07) is 0.163. The van der Waals surface area contributed by atoms with Crippen LogP contribution in [0.15, 0.2) is 11.6 Å². The maximum absolute atomic E-state index is 8.55. The van der Waals surface area contributed by atoms with Crippen LogP contribution < -0.4 is 5.73 Å². The molecule has 2 heteroatoms.